The molecule has 0 aliphatic carbocycles. The molecule has 0 spiro atoms. The number of hydrogen-bond acceptors (Lipinski definition) is 5. The zero-order valence-electron chi connectivity index (χ0n) is 16.3. The molecule has 156 valence electrons. The lowest BCUT2D eigenvalue weighted by Crippen LogP contribution is -2.22. The summed E-state index contributed by atoms with van der Waals surface area (Å²) in [6, 6.07) is 16.8. The Balaban J connectivity index is 1.60. The van der Waals surface area contributed by atoms with Gasteiger partial charge in [0.25, 0.3) is 10.0 Å². The number of rotatable bonds is 7. The third kappa shape index (κ3) is 5.98. The van der Waals surface area contributed by atoms with E-state index < -0.39 is 10.0 Å². The van der Waals surface area contributed by atoms with Gasteiger partial charge in [0, 0.05) is 16.8 Å². The third-order valence-corrected chi connectivity index (χ3v) is 6.83. The average molecular weight is 462 g/mol. The Kier molecular flexibility index (Phi) is 7.02. The molecule has 30 heavy (non-hydrogen) atoms. The number of halogens is 1. The Morgan fingerprint density at radius 2 is 1.70 bits per heavy atom. The van der Waals surface area contributed by atoms with E-state index in [4.69, 9.17) is 11.6 Å². The Morgan fingerprint density at radius 3 is 2.30 bits per heavy atom. The number of nitrogens with zero attached hydrogens (tertiary/aromatic N) is 1. The zero-order chi connectivity index (χ0) is 21.7. The molecule has 3 rings (SSSR count). The minimum atomic E-state index is -3.65. The van der Waals surface area contributed by atoms with Crippen molar-refractivity contribution in [3.8, 4) is 0 Å². The predicted octanol–water partition coefficient (Wildman–Crippen LogP) is 4.96. The van der Waals surface area contributed by atoms with Crippen molar-refractivity contribution in [2.45, 2.75) is 28.9 Å². The van der Waals surface area contributed by atoms with Crippen molar-refractivity contribution < 1.29 is 13.2 Å². The van der Waals surface area contributed by atoms with E-state index in [-0.39, 0.29) is 16.1 Å². The number of aromatic nitrogens is 1. The van der Waals surface area contributed by atoms with E-state index in [9.17, 15) is 13.2 Å². The Hall–Kier alpha value is -2.55. The van der Waals surface area contributed by atoms with Crippen LogP contribution in [0.5, 0.6) is 0 Å². The first kappa shape index (κ1) is 22.1. The van der Waals surface area contributed by atoms with Gasteiger partial charge in [-0.05, 0) is 62.4 Å². The molecule has 0 saturated carbocycles. The summed E-state index contributed by atoms with van der Waals surface area (Å²) in [6.45, 7) is 3.68. The second kappa shape index (κ2) is 9.51. The molecule has 6 nitrogen and oxygen atoms in total. The van der Waals surface area contributed by atoms with Crippen LogP contribution in [0.1, 0.15) is 12.5 Å². The molecule has 0 fully saturated rings. The minimum Gasteiger partial charge on any atom is -0.310 e. The fourth-order valence-electron chi connectivity index (χ4n) is 2.47. The SMILES string of the molecule is Cc1ccc(S(=O)(=O)Nc2ccc(SC(C)C(=O)Nc3ccc(Cl)cn3)cc2)cc1. The lowest BCUT2D eigenvalue weighted by molar-refractivity contribution is -0.115. The smallest absolute Gasteiger partial charge is 0.261 e. The maximum Gasteiger partial charge on any atom is 0.261 e. The molecule has 1 amide bonds. The Bertz CT molecular complexity index is 1120. The van der Waals surface area contributed by atoms with Crippen LogP contribution in [0.25, 0.3) is 0 Å². The summed E-state index contributed by atoms with van der Waals surface area (Å²) in [4.78, 5) is 17.4. The summed E-state index contributed by atoms with van der Waals surface area (Å²) in [5.74, 6) is 0.233. The van der Waals surface area contributed by atoms with Crippen molar-refractivity contribution in [2.75, 3.05) is 10.0 Å². The van der Waals surface area contributed by atoms with Gasteiger partial charge < -0.3 is 5.32 Å². The molecule has 3 aromatic rings. The van der Waals surface area contributed by atoms with E-state index in [0.29, 0.717) is 16.5 Å². The van der Waals surface area contributed by atoms with Crippen molar-refractivity contribution >= 4 is 50.8 Å². The number of pyridine rings is 1. The lowest BCUT2D eigenvalue weighted by Gasteiger charge is -2.12. The van der Waals surface area contributed by atoms with Gasteiger partial charge in [-0.25, -0.2) is 13.4 Å². The highest BCUT2D eigenvalue weighted by Crippen LogP contribution is 2.26. The van der Waals surface area contributed by atoms with Gasteiger partial charge in [-0.15, -0.1) is 11.8 Å². The molecular formula is C21H20ClN3O3S2. The number of sulfonamides is 1. The molecule has 1 unspecified atom stereocenters. The summed E-state index contributed by atoms with van der Waals surface area (Å²) in [5, 5.41) is 2.85. The minimum absolute atomic E-state index is 0.195. The molecule has 9 heteroatoms. The summed E-state index contributed by atoms with van der Waals surface area (Å²) in [6.07, 6.45) is 1.46. The van der Waals surface area contributed by atoms with E-state index in [1.165, 1.54) is 18.0 Å². The quantitative estimate of drug-likeness (QED) is 0.485. The van der Waals surface area contributed by atoms with Crippen LogP contribution >= 0.6 is 23.4 Å². The van der Waals surface area contributed by atoms with Crippen LogP contribution in [-0.4, -0.2) is 24.6 Å². The van der Waals surface area contributed by atoms with Gasteiger partial charge in [-0.2, -0.15) is 0 Å². The Labute approximate surface area is 185 Å². The van der Waals surface area contributed by atoms with Gasteiger partial charge in [-0.3, -0.25) is 9.52 Å². The van der Waals surface area contributed by atoms with Crippen LogP contribution in [0.15, 0.2) is 76.7 Å². The fourth-order valence-corrected chi connectivity index (χ4v) is 4.51. The molecule has 0 aliphatic rings. The normalized spacial score (nSPS) is 12.2. The van der Waals surface area contributed by atoms with Crippen molar-refractivity contribution in [2.24, 2.45) is 0 Å². The van der Waals surface area contributed by atoms with Crippen molar-refractivity contribution in [3.63, 3.8) is 0 Å². The second-order valence-electron chi connectivity index (χ2n) is 6.55. The number of aryl methyl sites for hydroxylation is 1. The van der Waals surface area contributed by atoms with Crippen LogP contribution < -0.4 is 10.0 Å². The Morgan fingerprint density at radius 1 is 1.03 bits per heavy atom. The highest BCUT2D eigenvalue weighted by atomic mass is 35.5. The third-order valence-electron chi connectivity index (χ3n) is 4.10. The van der Waals surface area contributed by atoms with E-state index in [1.807, 2.05) is 6.92 Å². The highest BCUT2D eigenvalue weighted by Gasteiger charge is 2.16. The fraction of sp³-hybridized carbons (Fsp3) is 0.143. The highest BCUT2D eigenvalue weighted by molar-refractivity contribution is 8.00. The molecule has 0 aliphatic heterocycles. The largest absolute Gasteiger partial charge is 0.310 e. The number of nitrogens with one attached hydrogen (secondary N) is 2. The van der Waals surface area contributed by atoms with E-state index in [0.717, 1.165) is 10.5 Å². The molecule has 1 aromatic heterocycles. The van der Waals surface area contributed by atoms with E-state index in [1.54, 1.807) is 67.6 Å². The molecule has 2 N–H and O–H groups in total. The average Bonchev–Trinajstić information content (AvgIpc) is 2.71. The van der Waals surface area contributed by atoms with Crippen LogP contribution in [0.2, 0.25) is 5.02 Å². The first-order valence-electron chi connectivity index (χ1n) is 9.01. The predicted molar refractivity (Wildman–Crippen MR) is 122 cm³/mol. The van der Waals surface area contributed by atoms with Crippen LogP contribution in [0.3, 0.4) is 0 Å². The number of benzene rings is 2. The summed E-state index contributed by atoms with van der Waals surface area (Å²) in [5.41, 5.74) is 1.43. The maximum absolute atomic E-state index is 12.5. The number of anilines is 2. The molecule has 0 bridgehead atoms. The molecular weight excluding hydrogens is 442 g/mol. The summed E-state index contributed by atoms with van der Waals surface area (Å²) in [7, 11) is -3.65. The van der Waals surface area contributed by atoms with Crippen LogP contribution in [0, 0.1) is 6.92 Å². The van der Waals surface area contributed by atoms with E-state index >= 15 is 0 Å². The molecule has 0 radical (unpaired) electrons. The van der Waals surface area contributed by atoms with Gasteiger partial charge in [0.05, 0.1) is 15.2 Å². The lowest BCUT2D eigenvalue weighted by atomic mass is 10.2. The van der Waals surface area contributed by atoms with Gasteiger partial charge in [0.2, 0.25) is 5.91 Å². The molecule has 1 atom stereocenters. The molecule has 0 saturated heterocycles. The summed E-state index contributed by atoms with van der Waals surface area (Å²) < 4.78 is 27.5. The maximum atomic E-state index is 12.5. The van der Waals surface area contributed by atoms with Crippen molar-refractivity contribution in [3.05, 3.63) is 77.4 Å². The summed E-state index contributed by atoms with van der Waals surface area (Å²) >= 11 is 7.15. The standard InChI is InChI=1S/C21H20ClN3O3S2/c1-14-3-10-19(11-4-14)30(27,28)25-17-6-8-18(9-7-17)29-15(2)21(26)24-20-12-5-16(22)13-23-20/h3-13,15,25H,1-2H3,(H,23,24,26). The van der Waals surface area contributed by atoms with Crippen LogP contribution in [-0.2, 0) is 14.8 Å². The number of carbonyl (C=O) groups is 1. The monoisotopic (exact) mass is 461 g/mol. The first-order chi connectivity index (χ1) is 14.2. The topological polar surface area (TPSA) is 88.2 Å². The number of amides is 1. The van der Waals surface area contributed by atoms with Crippen molar-refractivity contribution in [1.82, 2.24) is 4.98 Å². The van der Waals surface area contributed by atoms with Gasteiger partial charge in [-0.1, -0.05) is 29.3 Å². The zero-order valence-corrected chi connectivity index (χ0v) is 18.7. The van der Waals surface area contributed by atoms with Gasteiger partial charge in [0.15, 0.2) is 0 Å². The number of carbonyl (C=O) groups excluding carboxylic acids is 1. The number of hydrogen-bond donors (Lipinski definition) is 2. The van der Waals surface area contributed by atoms with Crippen molar-refractivity contribution in [1.29, 1.82) is 0 Å². The second-order valence-corrected chi connectivity index (χ2v) is 10.1. The van der Waals surface area contributed by atoms with Crippen LogP contribution in [0.4, 0.5) is 11.5 Å². The van der Waals surface area contributed by atoms with Gasteiger partial charge >= 0.3 is 0 Å². The van der Waals surface area contributed by atoms with Gasteiger partial charge in [0.1, 0.15) is 5.82 Å². The molecule has 2 aromatic carbocycles. The molecule has 1 heterocycles. The van der Waals surface area contributed by atoms with E-state index in [2.05, 4.69) is 15.0 Å². The first-order valence-corrected chi connectivity index (χ1v) is 11.8. The number of thioether (sulfide) groups is 1.